The summed E-state index contributed by atoms with van der Waals surface area (Å²) in [5.41, 5.74) is 1.77. The van der Waals surface area contributed by atoms with Crippen molar-refractivity contribution in [1.82, 2.24) is 4.57 Å². The Morgan fingerprint density at radius 1 is 1.60 bits per heavy atom. The van der Waals surface area contributed by atoms with Crippen molar-refractivity contribution >= 4 is 0 Å². The lowest BCUT2D eigenvalue weighted by atomic mass is 10.3. The van der Waals surface area contributed by atoms with Crippen molar-refractivity contribution in [2.75, 3.05) is 0 Å². The van der Waals surface area contributed by atoms with Crippen molar-refractivity contribution in [3.8, 4) is 0 Å². The van der Waals surface area contributed by atoms with E-state index in [9.17, 15) is 4.39 Å². The second kappa shape index (κ2) is 2.45. The number of halogens is 1. The molecule has 0 aliphatic rings. The first-order chi connectivity index (χ1) is 4.66. The summed E-state index contributed by atoms with van der Waals surface area (Å²) in [6.45, 7) is 3.86. The van der Waals surface area contributed by atoms with E-state index in [1.807, 2.05) is 25.5 Å². The summed E-state index contributed by atoms with van der Waals surface area (Å²) < 4.78 is 14.7. The predicted octanol–water partition coefficient (Wildman–Crippen LogP) is 2.04. The topological polar surface area (TPSA) is 4.93 Å². The minimum Gasteiger partial charge on any atom is -0.349 e. The Kier molecular flexibility index (Phi) is 1.79. The standard InChI is InChI=1S/C8H12FN/c1-4-8-7(9)5-6(2)10(8)3/h5H,4H2,1-3H3. The number of hydrogen-bond acceptors (Lipinski definition) is 0. The quantitative estimate of drug-likeness (QED) is 0.564. The lowest BCUT2D eigenvalue weighted by Gasteiger charge is -2.00. The Labute approximate surface area is 60.5 Å². The molecular formula is C8H12FN. The summed E-state index contributed by atoms with van der Waals surface area (Å²) in [7, 11) is 1.89. The van der Waals surface area contributed by atoms with Crippen LogP contribution in [0.4, 0.5) is 4.39 Å². The molecule has 0 radical (unpaired) electrons. The summed E-state index contributed by atoms with van der Waals surface area (Å²) >= 11 is 0. The Hall–Kier alpha value is -0.790. The second-order valence-corrected chi connectivity index (χ2v) is 2.49. The van der Waals surface area contributed by atoms with Gasteiger partial charge in [-0.3, -0.25) is 0 Å². The normalized spacial score (nSPS) is 10.4. The summed E-state index contributed by atoms with van der Waals surface area (Å²) in [4.78, 5) is 0. The minimum atomic E-state index is -0.0810. The van der Waals surface area contributed by atoms with Gasteiger partial charge < -0.3 is 4.57 Å². The van der Waals surface area contributed by atoms with Gasteiger partial charge in [0, 0.05) is 12.7 Å². The highest BCUT2D eigenvalue weighted by Crippen LogP contribution is 2.11. The van der Waals surface area contributed by atoms with Crippen molar-refractivity contribution in [1.29, 1.82) is 0 Å². The molecule has 1 rings (SSSR count). The van der Waals surface area contributed by atoms with E-state index in [1.54, 1.807) is 6.07 Å². The first-order valence-electron chi connectivity index (χ1n) is 3.47. The van der Waals surface area contributed by atoms with Gasteiger partial charge in [0.05, 0.1) is 5.69 Å². The van der Waals surface area contributed by atoms with Crippen LogP contribution >= 0.6 is 0 Å². The number of aryl methyl sites for hydroxylation is 1. The lowest BCUT2D eigenvalue weighted by molar-refractivity contribution is 0.602. The number of nitrogens with zero attached hydrogens (tertiary/aromatic N) is 1. The average molecular weight is 141 g/mol. The molecule has 1 aromatic heterocycles. The summed E-state index contributed by atoms with van der Waals surface area (Å²) in [6.07, 6.45) is 0.760. The molecule has 0 aliphatic carbocycles. The third-order valence-corrected chi connectivity index (χ3v) is 1.88. The van der Waals surface area contributed by atoms with Crippen LogP contribution in [-0.2, 0) is 13.5 Å². The van der Waals surface area contributed by atoms with E-state index < -0.39 is 0 Å². The van der Waals surface area contributed by atoms with Gasteiger partial charge in [-0.25, -0.2) is 4.39 Å². The number of rotatable bonds is 1. The van der Waals surface area contributed by atoms with Gasteiger partial charge in [-0.05, 0) is 19.4 Å². The smallest absolute Gasteiger partial charge is 0.144 e. The van der Waals surface area contributed by atoms with Crippen LogP contribution in [-0.4, -0.2) is 4.57 Å². The second-order valence-electron chi connectivity index (χ2n) is 2.49. The Bertz CT molecular complexity index is 238. The van der Waals surface area contributed by atoms with E-state index in [-0.39, 0.29) is 5.82 Å². The number of hydrogen-bond donors (Lipinski definition) is 0. The van der Waals surface area contributed by atoms with Crippen LogP contribution in [0, 0.1) is 12.7 Å². The van der Waals surface area contributed by atoms with Crippen LogP contribution in [0.3, 0.4) is 0 Å². The SMILES string of the molecule is CCc1c(F)cc(C)n1C. The highest BCUT2D eigenvalue weighted by atomic mass is 19.1. The molecule has 1 nitrogen and oxygen atoms in total. The summed E-state index contributed by atoms with van der Waals surface area (Å²) in [5.74, 6) is -0.0810. The minimum absolute atomic E-state index is 0.0810. The molecule has 0 fully saturated rings. The van der Waals surface area contributed by atoms with Crippen molar-refractivity contribution < 1.29 is 4.39 Å². The molecule has 0 saturated carbocycles. The fraction of sp³-hybridized carbons (Fsp3) is 0.500. The van der Waals surface area contributed by atoms with Crippen LogP contribution in [0.15, 0.2) is 6.07 Å². The molecule has 0 bridgehead atoms. The van der Waals surface area contributed by atoms with Crippen molar-refractivity contribution in [3.63, 3.8) is 0 Å². The Morgan fingerprint density at radius 2 is 2.20 bits per heavy atom. The molecule has 0 aromatic carbocycles. The molecule has 0 spiro atoms. The Balaban J connectivity index is 3.20. The van der Waals surface area contributed by atoms with Crippen LogP contribution in [0.5, 0.6) is 0 Å². The van der Waals surface area contributed by atoms with Crippen molar-refractivity contribution in [2.24, 2.45) is 7.05 Å². The van der Waals surface area contributed by atoms with Crippen LogP contribution in [0.25, 0.3) is 0 Å². The largest absolute Gasteiger partial charge is 0.349 e. The van der Waals surface area contributed by atoms with E-state index in [0.29, 0.717) is 0 Å². The highest BCUT2D eigenvalue weighted by Gasteiger charge is 2.06. The van der Waals surface area contributed by atoms with E-state index >= 15 is 0 Å². The van der Waals surface area contributed by atoms with Gasteiger partial charge in [0.1, 0.15) is 5.82 Å². The number of aromatic nitrogens is 1. The molecular weight excluding hydrogens is 129 g/mol. The summed E-state index contributed by atoms with van der Waals surface area (Å²) in [6, 6.07) is 1.57. The predicted molar refractivity (Wildman–Crippen MR) is 39.5 cm³/mol. The van der Waals surface area contributed by atoms with Gasteiger partial charge in [-0.1, -0.05) is 6.92 Å². The summed E-state index contributed by atoms with van der Waals surface area (Å²) in [5, 5.41) is 0. The lowest BCUT2D eigenvalue weighted by Crippen LogP contribution is -1.97. The molecule has 0 amide bonds. The first kappa shape index (κ1) is 7.32. The average Bonchev–Trinajstić information content (AvgIpc) is 2.09. The van der Waals surface area contributed by atoms with Crippen molar-refractivity contribution in [2.45, 2.75) is 20.3 Å². The molecule has 1 heterocycles. The van der Waals surface area contributed by atoms with Gasteiger partial charge in [-0.2, -0.15) is 0 Å². The van der Waals surface area contributed by atoms with Crippen molar-refractivity contribution in [3.05, 3.63) is 23.3 Å². The first-order valence-corrected chi connectivity index (χ1v) is 3.47. The molecule has 56 valence electrons. The van der Waals surface area contributed by atoms with Gasteiger partial charge in [-0.15, -0.1) is 0 Å². The molecule has 10 heavy (non-hydrogen) atoms. The van der Waals surface area contributed by atoms with Crippen LogP contribution in [0.2, 0.25) is 0 Å². The van der Waals surface area contributed by atoms with E-state index in [0.717, 1.165) is 17.8 Å². The fourth-order valence-corrected chi connectivity index (χ4v) is 1.14. The maximum atomic E-state index is 12.9. The molecule has 2 heteroatoms. The zero-order valence-electron chi connectivity index (χ0n) is 6.61. The van der Waals surface area contributed by atoms with E-state index in [2.05, 4.69) is 0 Å². The zero-order valence-corrected chi connectivity index (χ0v) is 6.61. The molecule has 0 atom stereocenters. The van der Waals surface area contributed by atoms with Crippen LogP contribution in [0.1, 0.15) is 18.3 Å². The molecule has 0 N–H and O–H groups in total. The van der Waals surface area contributed by atoms with E-state index in [4.69, 9.17) is 0 Å². The molecule has 0 saturated heterocycles. The highest BCUT2D eigenvalue weighted by molar-refractivity contribution is 5.16. The van der Waals surface area contributed by atoms with Crippen LogP contribution < -0.4 is 0 Å². The third-order valence-electron chi connectivity index (χ3n) is 1.88. The van der Waals surface area contributed by atoms with E-state index in [1.165, 1.54) is 0 Å². The van der Waals surface area contributed by atoms with Gasteiger partial charge >= 0.3 is 0 Å². The van der Waals surface area contributed by atoms with Gasteiger partial charge in [0.2, 0.25) is 0 Å². The van der Waals surface area contributed by atoms with Gasteiger partial charge in [0.25, 0.3) is 0 Å². The third kappa shape index (κ3) is 0.939. The Morgan fingerprint density at radius 3 is 2.40 bits per heavy atom. The maximum Gasteiger partial charge on any atom is 0.144 e. The zero-order chi connectivity index (χ0) is 7.72. The monoisotopic (exact) mass is 141 g/mol. The molecule has 0 aliphatic heterocycles. The maximum absolute atomic E-state index is 12.9. The van der Waals surface area contributed by atoms with Gasteiger partial charge in [0.15, 0.2) is 0 Å². The fourth-order valence-electron chi connectivity index (χ4n) is 1.14. The molecule has 0 unspecified atom stereocenters. The molecule has 1 aromatic rings.